The molecule has 0 fully saturated rings. The molecular weight excluding hydrogens is 346 g/mol. The maximum atomic E-state index is 12.8. The van der Waals surface area contributed by atoms with Crippen molar-refractivity contribution in [3.63, 3.8) is 0 Å². The molecule has 2 aromatic rings. The quantitative estimate of drug-likeness (QED) is 0.791. The summed E-state index contributed by atoms with van der Waals surface area (Å²) < 4.78 is 10.9. The predicted molar refractivity (Wildman–Crippen MR) is 101 cm³/mol. The topological polar surface area (TPSA) is 80.0 Å². The number of carbonyl (C=O) groups excluding carboxylic acids is 2. The number of rotatable bonds is 7. The number of furan rings is 1. The van der Waals surface area contributed by atoms with Crippen LogP contribution in [0.5, 0.6) is 5.75 Å². The van der Waals surface area contributed by atoms with Crippen molar-refractivity contribution in [2.75, 3.05) is 11.5 Å². The molecule has 2 heterocycles. The zero-order chi connectivity index (χ0) is 19.6. The number of Topliss-reactive ketones (excluding diaryl/α,β-unsaturated/α-hetero) is 1. The number of anilines is 1. The summed E-state index contributed by atoms with van der Waals surface area (Å²) in [4.78, 5) is 27.0. The van der Waals surface area contributed by atoms with E-state index in [-0.39, 0.29) is 23.7 Å². The monoisotopic (exact) mass is 369 g/mol. The Morgan fingerprint density at radius 3 is 2.52 bits per heavy atom. The van der Waals surface area contributed by atoms with E-state index < -0.39 is 17.7 Å². The van der Waals surface area contributed by atoms with Crippen LogP contribution in [-0.4, -0.2) is 23.4 Å². The van der Waals surface area contributed by atoms with Crippen LogP contribution >= 0.6 is 0 Å². The number of amides is 1. The third kappa shape index (κ3) is 3.60. The number of ketones is 1. The first-order valence-electron chi connectivity index (χ1n) is 9.00. The van der Waals surface area contributed by atoms with E-state index >= 15 is 0 Å². The van der Waals surface area contributed by atoms with Gasteiger partial charge in [-0.25, -0.2) is 0 Å². The molecule has 1 unspecified atom stereocenters. The summed E-state index contributed by atoms with van der Waals surface area (Å²) in [6.07, 6.45) is 1.72. The van der Waals surface area contributed by atoms with Gasteiger partial charge in [0.15, 0.2) is 11.5 Å². The summed E-state index contributed by atoms with van der Waals surface area (Å²) >= 11 is 0. The zero-order valence-electron chi connectivity index (χ0n) is 15.6. The van der Waals surface area contributed by atoms with Gasteiger partial charge >= 0.3 is 0 Å². The molecule has 1 aromatic heterocycles. The van der Waals surface area contributed by atoms with E-state index in [1.807, 2.05) is 20.8 Å². The molecule has 1 aromatic carbocycles. The van der Waals surface area contributed by atoms with Gasteiger partial charge in [0.1, 0.15) is 17.6 Å². The Morgan fingerprint density at radius 2 is 1.96 bits per heavy atom. The normalized spacial score (nSPS) is 17.1. The molecule has 1 atom stereocenters. The fourth-order valence-corrected chi connectivity index (χ4v) is 3.22. The molecular formula is C21H23NO5. The van der Waals surface area contributed by atoms with Crippen molar-refractivity contribution in [1.29, 1.82) is 0 Å². The smallest absolute Gasteiger partial charge is 0.294 e. The van der Waals surface area contributed by atoms with Gasteiger partial charge in [-0.05, 0) is 49.2 Å². The summed E-state index contributed by atoms with van der Waals surface area (Å²) in [5.74, 6) is -0.192. The number of aliphatic hydroxyl groups excluding tert-OH is 1. The van der Waals surface area contributed by atoms with Gasteiger partial charge in [-0.2, -0.15) is 0 Å². The predicted octanol–water partition coefficient (Wildman–Crippen LogP) is 4.19. The van der Waals surface area contributed by atoms with Crippen molar-refractivity contribution in [2.45, 2.75) is 33.2 Å². The molecule has 3 rings (SSSR count). The first-order valence-corrected chi connectivity index (χ1v) is 9.00. The van der Waals surface area contributed by atoms with Gasteiger partial charge in [-0.15, -0.1) is 0 Å². The number of carbonyl (C=O) groups is 2. The highest BCUT2D eigenvalue weighted by Crippen LogP contribution is 2.42. The minimum atomic E-state index is -0.795. The Balaban J connectivity index is 2.03. The molecule has 6 heteroatoms. The first kappa shape index (κ1) is 18.8. The lowest BCUT2D eigenvalue weighted by molar-refractivity contribution is -0.118. The highest BCUT2D eigenvalue weighted by Gasteiger charge is 2.45. The van der Waals surface area contributed by atoms with E-state index in [1.165, 1.54) is 11.2 Å². The van der Waals surface area contributed by atoms with Gasteiger partial charge in [-0.1, -0.05) is 13.8 Å². The van der Waals surface area contributed by atoms with Crippen molar-refractivity contribution in [1.82, 2.24) is 0 Å². The lowest BCUT2D eigenvalue weighted by atomic mass is 9.95. The highest BCUT2D eigenvalue weighted by atomic mass is 16.5. The Kier molecular flexibility index (Phi) is 5.35. The zero-order valence-corrected chi connectivity index (χ0v) is 15.6. The molecule has 0 saturated heterocycles. The van der Waals surface area contributed by atoms with Crippen LogP contribution in [0.3, 0.4) is 0 Å². The molecule has 142 valence electrons. The summed E-state index contributed by atoms with van der Waals surface area (Å²) in [6, 6.07) is 9.53. The van der Waals surface area contributed by atoms with Crippen molar-refractivity contribution in [3.05, 3.63) is 59.8 Å². The number of benzene rings is 1. The van der Waals surface area contributed by atoms with Crippen molar-refractivity contribution in [2.24, 2.45) is 5.92 Å². The second-order valence-electron chi connectivity index (χ2n) is 6.80. The lowest BCUT2D eigenvalue weighted by Gasteiger charge is -2.25. The van der Waals surface area contributed by atoms with Crippen LogP contribution in [0.4, 0.5) is 5.69 Å². The summed E-state index contributed by atoms with van der Waals surface area (Å²) in [7, 11) is 0. The Labute approximate surface area is 158 Å². The molecule has 1 aliphatic rings. The maximum absolute atomic E-state index is 12.8. The number of hydrogen-bond acceptors (Lipinski definition) is 5. The maximum Gasteiger partial charge on any atom is 0.294 e. The fraction of sp³-hybridized carbons (Fsp3) is 0.333. The Morgan fingerprint density at radius 1 is 1.26 bits per heavy atom. The third-order valence-electron chi connectivity index (χ3n) is 4.34. The number of ether oxygens (including phenoxy) is 1. The van der Waals surface area contributed by atoms with Gasteiger partial charge in [0.2, 0.25) is 0 Å². The molecule has 1 amide bonds. The van der Waals surface area contributed by atoms with Crippen LogP contribution < -0.4 is 9.64 Å². The first-order chi connectivity index (χ1) is 12.9. The standard InChI is InChI=1S/C21H23NO5/c1-4-26-15-9-7-14(8-10-15)22-19(17-6-5-11-27-17)18(20(24)21(22)25)16(23)12-13(2)3/h5-11,13,19,24H,4,12H2,1-3H3. The summed E-state index contributed by atoms with van der Waals surface area (Å²) in [5.41, 5.74) is 0.626. The average molecular weight is 369 g/mol. The molecule has 0 saturated carbocycles. The third-order valence-corrected chi connectivity index (χ3v) is 4.34. The molecule has 0 spiro atoms. The van der Waals surface area contributed by atoms with Gasteiger partial charge < -0.3 is 14.3 Å². The molecule has 0 bridgehead atoms. The molecule has 0 radical (unpaired) electrons. The number of hydrogen-bond donors (Lipinski definition) is 1. The van der Waals surface area contributed by atoms with E-state index in [4.69, 9.17) is 9.15 Å². The van der Waals surface area contributed by atoms with Crippen molar-refractivity contribution in [3.8, 4) is 5.75 Å². The average Bonchev–Trinajstić information content (AvgIpc) is 3.23. The van der Waals surface area contributed by atoms with Gasteiger partial charge in [0, 0.05) is 12.1 Å². The molecule has 6 nitrogen and oxygen atoms in total. The van der Waals surface area contributed by atoms with E-state index in [0.717, 1.165) is 0 Å². The van der Waals surface area contributed by atoms with E-state index in [9.17, 15) is 14.7 Å². The van der Waals surface area contributed by atoms with Crippen LogP contribution in [0.15, 0.2) is 58.4 Å². The van der Waals surface area contributed by atoms with Gasteiger partial charge in [0.05, 0.1) is 18.4 Å². The molecule has 27 heavy (non-hydrogen) atoms. The lowest BCUT2D eigenvalue weighted by Crippen LogP contribution is -2.30. The molecule has 0 aliphatic carbocycles. The van der Waals surface area contributed by atoms with Crippen LogP contribution in [-0.2, 0) is 9.59 Å². The van der Waals surface area contributed by atoms with Crippen LogP contribution in [0.2, 0.25) is 0 Å². The fourth-order valence-electron chi connectivity index (χ4n) is 3.22. The van der Waals surface area contributed by atoms with Gasteiger partial charge in [0.25, 0.3) is 5.91 Å². The highest BCUT2D eigenvalue weighted by molar-refractivity contribution is 6.16. The van der Waals surface area contributed by atoms with E-state index in [0.29, 0.717) is 23.8 Å². The van der Waals surface area contributed by atoms with Crippen LogP contribution in [0.25, 0.3) is 0 Å². The Bertz CT molecular complexity index is 849. The Hall–Kier alpha value is -3.02. The van der Waals surface area contributed by atoms with Gasteiger partial charge in [-0.3, -0.25) is 14.5 Å². The van der Waals surface area contributed by atoms with Crippen molar-refractivity contribution < 1.29 is 23.8 Å². The minimum absolute atomic E-state index is 0.0811. The second kappa shape index (κ2) is 7.70. The number of nitrogens with zero attached hydrogens (tertiary/aromatic N) is 1. The van der Waals surface area contributed by atoms with E-state index in [2.05, 4.69) is 0 Å². The molecule has 1 N–H and O–H groups in total. The van der Waals surface area contributed by atoms with Crippen molar-refractivity contribution >= 4 is 17.4 Å². The summed E-state index contributed by atoms with van der Waals surface area (Å²) in [6.45, 7) is 6.25. The van der Waals surface area contributed by atoms with E-state index in [1.54, 1.807) is 36.4 Å². The number of aliphatic hydroxyl groups is 1. The largest absolute Gasteiger partial charge is 0.503 e. The SMILES string of the molecule is CCOc1ccc(N2C(=O)C(O)=C(C(=O)CC(C)C)C2c2ccco2)cc1. The van der Waals surface area contributed by atoms with Crippen LogP contribution in [0, 0.1) is 5.92 Å². The molecule has 1 aliphatic heterocycles. The van der Waals surface area contributed by atoms with Crippen LogP contribution in [0.1, 0.15) is 39.0 Å². The second-order valence-corrected chi connectivity index (χ2v) is 6.80. The minimum Gasteiger partial charge on any atom is -0.503 e. The summed E-state index contributed by atoms with van der Waals surface area (Å²) in [5, 5.41) is 10.5.